The van der Waals surface area contributed by atoms with Crippen LogP contribution in [0.4, 0.5) is 10.1 Å². The number of nitrogens with zero attached hydrogens (tertiary/aromatic N) is 1. The van der Waals surface area contributed by atoms with E-state index >= 15 is 0 Å². The van der Waals surface area contributed by atoms with Gasteiger partial charge < -0.3 is 10.6 Å². The molecule has 0 radical (unpaired) electrons. The predicted molar refractivity (Wildman–Crippen MR) is 82.7 cm³/mol. The maximum Gasteiger partial charge on any atom is 0.238 e. The Hall–Kier alpha value is -1.46. The smallest absolute Gasteiger partial charge is 0.238 e. The number of carbonyl (C=O) groups excluding carboxylic acids is 1. The molecule has 1 atom stereocenters. The minimum atomic E-state index is -0.296. The lowest BCUT2D eigenvalue weighted by Gasteiger charge is -2.32. The summed E-state index contributed by atoms with van der Waals surface area (Å²) in [4.78, 5) is 14.2. The van der Waals surface area contributed by atoms with Gasteiger partial charge in [0.1, 0.15) is 5.82 Å². The number of nitrogens with one attached hydrogen (secondary N) is 2. The van der Waals surface area contributed by atoms with E-state index in [0.717, 1.165) is 32.6 Å². The molecule has 2 rings (SSSR count). The maximum atomic E-state index is 12.8. The van der Waals surface area contributed by atoms with Crippen LogP contribution in [0, 0.1) is 11.7 Å². The van der Waals surface area contributed by atoms with Crippen LogP contribution in [-0.4, -0.2) is 43.5 Å². The molecule has 1 aliphatic rings. The molecular weight excluding hydrogens is 269 g/mol. The molecule has 0 spiro atoms. The maximum absolute atomic E-state index is 12.8. The summed E-state index contributed by atoms with van der Waals surface area (Å²) in [6, 6.07) is 5.86. The van der Waals surface area contributed by atoms with Crippen LogP contribution in [0.15, 0.2) is 24.3 Å². The van der Waals surface area contributed by atoms with Crippen molar-refractivity contribution in [2.45, 2.75) is 19.8 Å². The van der Waals surface area contributed by atoms with Crippen molar-refractivity contribution in [3.63, 3.8) is 0 Å². The van der Waals surface area contributed by atoms with Gasteiger partial charge in [0.15, 0.2) is 0 Å². The van der Waals surface area contributed by atoms with Gasteiger partial charge in [-0.3, -0.25) is 9.69 Å². The summed E-state index contributed by atoms with van der Waals surface area (Å²) < 4.78 is 12.8. The lowest BCUT2D eigenvalue weighted by atomic mass is 9.98. The Kier molecular flexibility index (Phi) is 6.14. The van der Waals surface area contributed by atoms with Crippen molar-refractivity contribution in [1.82, 2.24) is 10.2 Å². The first-order chi connectivity index (χ1) is 10.2. The van der Waals surface area contributed by atoms with Crippen LogP contribution < -0.4 is 10.6 Å². The Balaban J connectivity index is 1.77. The predicted octanol–water partition coefficient (Wildman–Crippen LogP) is 2.09. The van der Waals surface area contributed by atoms with Gasteiger partial charge in [0, 0.05) is 12.2 Å². The number of amides is 1. The molecule has 2 N–H and O–H groups in total. The summed E-state index contributed by atoms with van der Waals surface area (Å²) >= 11 is 0. The summed E-state index contributed by atoms with van der Waals surface area (Å²) in [7, 11) is 0. The zero-order valence-corrected chi connectivity index (χ0v) is 12.6. The van der Waals surface area contributed by atoms with E-state index in [1.165, 1.54) is 18.6 Å². The largest absolute Gasteiger partial charge is 0.325 e. The lowest BCUT2D eigenvalue weighted by molar-refractivity contribution is -0.117. The second-order valence-corrected chi connectivity index (χ2v) is 5.61. The van der Waals surface area contributed by atoms with Crippen LogP contribution in [0.3, 0.4) is 0 Å². The summed E-state index contributed by atoms with van der Waals surface area (Å²) in [5.74, 6) is 0.290. The van der Waals surface area contributed by atoms with Gasteiger partial charge in [-0.05, 0) is 62.7 Å². The molecular formula is C16H24FN3O. The zero-order chi connectivity index (χ0) is 15.1. The van der Waals surface area contributed by atoms with Gasteiger partial charge in [0.2, 0.25) is 5.91 Å². The normalized spacial score (nSPS) is 19.4. The first-order valence-corrected chi connectivity index (χ1v) is 7.66. The van der Waals surface area contributed by atoms with Gasteiger partial charge in [-0.1, -0.05) is 6.92 Å². The minimum absolute atomic E-state index is 0.0364. The summed E-state index contributed by atoms with van der Waals surface area (Å²) in [6.45, 7) is 6.45. The molecule has 1 amide bonds. The summed E-state index contributed by atoms with van der Waals surface area (Å²) in [6.07, 6.45) is 2.36. The number of likely N-dealkylation sites (tertiary alicyclic amines) is 1. The minimum Gasteiger partial charge on any atom is -0.325 e. The monoisotopic (exact) mass is 293 g/mol. The number of piperidine rings is 1. The molecule has 0 aromatic heterocycles. The first kappa shape index (κ1) is 15.9. The molecule has 0 aliphatic carbocycles. The van der Waals surface area contributed by atoms with Crippen molar-refractivity contribution in [2.75, 3.05) is 38.0 Å². The van der Waals surface area contributed by atoms with Crippen molar-refractivity contribution in [2.24, 2.45) is 5.92 Å². The molecule has 4 nitrogen and oxygen atoms in total. The Morgan fingerprint density at radius 3 is 2.86 bits per heavy atom. The van der Waals surface area contributed by atoms with E-state index in [0.29, 0.717) is 18.2 Å². The second-order valence-electron chi connectivity index (χ2n) is 5.61. The average Bonchev–Trinajstić information content (AvgIpc) is 2.48. The lowest BCUT2D eigenvalue weighted by Crippen LogP contribution is -2.43. The molecule has 1 heterocycles. The molecule has 21 heavy (non-hydrogen) atoms. The molecule has 1 unspecified atom stereocenters. The van der Waals surface area contributed by atoms with Gasteiger partial charge in [-0.15, -0.1) is 0 Å². The Morgan fingerprint density at radius 2 is 2.14 bits per heavy atom. The number of anilines is 1. The standard InChI is InChI=1S/C16H24FN3O/c1-2-18-10-13-4-3-9-20(11-13)12-16(21)19-15-7-5-14(17)6-8-15/h5-8,13,18H,2-4,9-12H2,1H3,(H,19,21). The molecule has 1 aromatic carbocycles. The van der Waals surface area contributed by atoms with Crippen LogP contribution in [0.5, 0.6) is 0 Å². The third kappa shape index (κ3) is 5.44. The van der Waals surface area contributed by atoms with E-state index in [9.17, 15) is 9.18 Å². The summed E-state index contributed by atoms with van der Waals surface area (Å²) in [5.41, 5.74) is 0.641. The highest BCUT2D eigenvalue weighted by Gasteiger charge is 2.21. The van der Waals surface area contributed by atoms with Crippen LogP contribution in [0.1, 0.15) is 19.8 Å². The van der Waals surface area contributed by atoms with E-state index in [1.54, 1.807) is 12.1 Å². The van der Waals surface area contributed by atoms with Crippen LogP contribution >= 0.6 is 0 Å². The first-order valence-electron chi connectivity index (χ1n) is 7.66. The molecule has 0 saturated carbocycles. The van der Waals surface area contributed by atoms with Crippen molar-refractivity contribution in [3.8, 4) is 0 Å². The molecule has 116 valence electrons. The Labute approximate surface area is 125 Å². The van der Waals surface area contributed by atoms with Gasteiger partial charge in [-0.2, -0.15) is 0 Å². The fraction of sp³-hybridized carbons (Fsp3) is 0.562. The van der Waals surface area contributed by atoms with Crippen molar-refractivity contribution in [1.29, 1.82) is 0 Å². The topological polar surface area (TPSA) is 44.4 Å². The van der Waals surface area contributed by atoms with E-state index in [1.807, 2.05) is 0 Å². The Bertz CT molecular complexity index is 449. The summed E-state index contributed by atoms with van der Waals surface area (Å²) in [5, 5.41) is 6.19. The molecule has 1 aromatic rings. The number of hydrogen-bond acceptors (Lipinski definition) is 3. The Morgan fingerprint density at radius 1 is 1.38 bits per heavy atom. The van der Waals surface area contributed by atoms with Crippen LogP contribution in [0.25, 0.3) is 0 Å². The van der Waals surface area contributed by atoms with Gasteiger partial charge in [-0.25, -0.2) is 4.39 Å². The zero-order valence-electron chi connectivity index (χ0n) is 12.6. The van der Waals surface area contributed by atoms with Gasteiger partial charge >= 0.3 is 0 Å². The van der Waals surface area contributed by atoms with E-state index in [2.05, 4.69) is 22.5 Å². The third-order valence-electron chi connectivity index (χ3n) is 3.78. The van der Waals surface area contributed by atoms with E-state index in [-0.39, 0.29) is 11.7 Å². The second kappa shape index (κ2) is 8.10. The average molecular weight is 293 g/mol. The fourth-order valence-electron chi connectivity index (χ4n) is 2.75. The number of carbonyl (C=O) groups is 1. The van der Waals surface area contributed by atoms with Crippen molar-refractivity contribution < 1.29 is 9.18 Å². The molecule has 1 saturated heterocycles. The molecule has 0 bridgehead atoms. The number of benzene rings is 1. The van der Waals surface area contributed by atoms with Crippen molar-refractivity contribution in [3.05, 3.63) is 30.1 Å². The molecule has 1 aliphatic heterocycles. The molecule has 5 heteroatoms. The highest BCUT2D eigenvalue weighted by atomic mass is 19.1. The highest BCUT2D eigenvalue weighted by molar-refractivity contribution is 5.92. The third-order valence-corrected chi connectivity index (χ3v) is 3.78. The van der Waals surface area contributed by atoms with Crippen molar-refractivity contribution >= 4 is 11.6 Å². The number of rotatable bonds is 6. The molecule has 1 fully saturated rings. The van der Waals surface area contributed by atoms with Gasteiger partial charge in [0.05, 0.1) is 6.54 Å². The highest BCUT2D eigenvalue weighted by Crippen LogP contribution is 2.16. The van der Waals surface area contributed by atoms with Gasteiger partial charge in [0.25, 0.3) is 0 Å². The number of halogens is 1. The van der Waals surface area contributed by atoms with Crippen LogP contribution in [0.2, 0.25) is 0 Å². The van der Waals surface area contributed by atoms with E-state index < -0.39 is 0 Å². The quantitative estimate of drug-likeness (QED) is 0.844. The van der Waals surface area contributed by atoms with Crippen LogP contribution in [-0.2, 0) is 4.79 Å². The SMILES string of the molecule is CCNCC1CCCN(CC(=O)Nc2ccc(F)cc2)C1. The number of hydrogen-bond donors (Lipinski definition) is 2. The van der Waals surface area contributed by atoms with E-state index in [4.69, 9.17) is 0 Å². The fourth-order valence-corrected chi connectivity index (χ4v) is 2.75.